The second kappa shape index (κ2) is 8.90. The van der Waals surface area contributed by atoms with E-state index >= 15 is 0 Å². The lowest BCUT2D eigenvalue weighted by molar-refractivity contribution is 0.148. The summed E-state index contributed by atoms with van der Waals surface area (Å²) in [6.07, 6.45) is 2.69. The molecule has 2 heterocycles. The summed E-state index contributed by atoms with van der Waals surface area (Å²) >= 11 is 2.11. The Balaban J connectivity index is 1.67. The fourth-order valence-electron chi connectivity index (χ4n) is 4.06. The van der Waals surface area contributed by atoms with E-state index in [4.69, 9.17) is 0 Å². The van der Waals surface area contributed by atoms with Crippen molar-refractivity contribution in [1.82, 2.24) is 14.7 Å². The van der Waals surface area contributed by atoms with Crippen LogP contribution >= 0.6 is 11.8 Å². The lowest BCUT2D eigenvalue weighted by Crippen LogP contribution is -2.44. The zero-order valence-corrected chi connectivity index (χ0v) is 17.4. The first-order valence-corrected chi connectivity index (χ1v) is 11.0. The van der Waals surface area contributed by atoms with E-state index in [2.05, 4.69) is 66.5 Å². The zero-order valence-electron chi connectivity index (χ0n) is 16.6. The maximum atomic E-state index is 2.61. The number of hydrogen-bond donors (Lipinski definition) is 0. The second-order valence-corrected chi connectivity index (χ2v) is 9.27. The molecule has 2 fully saturated rings. The van der Waals surface area contributed by atoms with Crippen LogP contribution in [0.3, 0.4) is 0 Å². The Bertz CT molecular complexity index is 561. The van der Waals surface area contributed by atoms with Crippen molar-refractivity contribution in [3.8, 4) is 0 Å². The minimum Gasteiger partial charge on any atom is -0.304 e. The number of piperazine rings is 1. The molecule has 25 heavy (non-hydrogen) atoms. The van der Waals surface area contributed by atoms with Crippen molar-refractivity contribution < 1.29 is 0 Å². The molecule has 0 radical (unpaired) electrons. The fraction of sp³-hybridized carbons (Fsp3) is 0.714. The van der Waals surface area contributed by atoms with Crippen LogP contribution in [0.25, 0.3) is 0 Å². The molecule has 1 aromatic carbocycles. The lowest BCUT2D eigenvalue weighted by atomic mass is 9.98. The van der Waals surface area contributed by atoms with Gasteiger partial charge in [-0.05, 0) is 74.5 Å². The summed E-state index contributed by atoms with van der Waals surface area (Å²) in [7, 11) is 4.55. The van der Waals surface area contributed by atoms with Crippen LogP contribution in [-0.2, 0) is 13.1 Å². The van der Waals surface area contributed by atoms with E-state index in [1.54, 1.807) is 0 Å². The third-order valence-electron chi connectivity index (χ3n) is 6.02. The van der Waals surface area contributed by atoms with Crippen molar-refractivity contribution in [2.75, 3.05) is 51.8 Å². The lowest BCUT2D eigenvalue weighted by Gasteiger charge is -2.33. The van der Waals surface area contributed by atoms with E-state index in [0.717, 1.165) is 19.1 Å². The first-order valence-electron chi connectivity index (χ1n) is 9.81. The summed E-state index contributed by atoms with van der Waals surface area (Å²) in [5.74, 6) is 2.66. The normalized spacial score (nSPS) is 21.2. The van der Waals surface area contributed by atoms with Gasteiger partial charge < -0.3 is 4.90 Å². The van der Waals surface area contributed by atoms with Gasteiger partial charge in [0, 0.05) is 45.3 Å². The van der Waals surface area contributed by atoms with Gasteiger partial charge in [0.05, 0.1) is 0 Å². The Morgan fingerprint density at radius 3 is 2.32 bits per heavy atom. The van der Waals surface area contributed by atoms with E-state index < -0.39 is 0 Å². The SMILES string of the molecule is Cc1cc(C)c(CN(C)C2CCSCC2)cc1CN1CCN(C)CC1. The predicted molar refractivity (Wildman–Crippen MR) is 111 cm³/mol. The fourth-order valence-corrected chi connectivity index (χ4v) is 5.14. The van der Waals surface area contributed by atoms with Crippen molar-refractivity contribution in [2.24, 2.45) is 0 Å². The number of hydrogen-bond acceptors (Lipinski definition) is 4. The third-order valence-corrected chi connectivity index (χ3v) is 7.07. The van der Waals surface area contributed by atoms with Gasteiger partial charge in [-0.25, -0.2) is 0 Å². The third kappa shape index (κ3) is 5.22. The summed E-state index contributed by atoms with van der Waals surface area (Å²) in [5, 5.41) is 0. The molecule has 2 aliphatic heterocycles. The first-order chi connectivity index (χ1) is 12.0. The average molecular weight is 362 g/mol. The summed E-state index contributed by atoms with van der Waals surface area (Å²) in [6.45, 7) is 11.5. The van der Waals surface area contributed by atoms with Crippen LogP contribution in [0, 0.1) is 13.8 Å². The molecule has 3 nitrogen and oxygen atoms in total. The number of likely N-dealkylation sites (N-methyl/N-ethyl adjacent to an activating group) is 1. The highest BCUT2D eigenvalue weighted by Gasteiger charge is 2.20. The Kier molecular flexibility index (Phi) is 6.84. The van der Waals surface area contributed by atoms with Crippen LogP contribution in [0.1, 0.15) is 35.1 Å². The van der Waals surface area contributed by atoms with E-state index in [0.29, 0.717) is 0 Å². The van der Waals surface area contributed by atoms with Crippen molar-refractivity contribution in [2.45, 2.75) is 45.8 Å². The molecule has 2 saturated heterocycles. The maximum absolute atomic E-state index is 2.61. The monoisotopic (exact) mass is 361 g/mol. The highest BCUT2D eigenvalue weighted by Crippen LogP contribution is 2.24. The van der Waals surface area contributed by atoms with Gasteiger partial charge in [-0.2, -0.15) is 11.8 Å². The van der Waals surface area contributed by atoms with Crippen LogP contribution < -0.4 is 0 Å². The van der Waals surface area contributed by atoms with E-state index in [1.807, 2.05) is 0 Å². The number of rotatable bonds is 5. The van der Waals surface area contributed by atoms with Crippen LogP contribution in [0.2, 0.25) is 0 Å². The largest absolute Gasteiger partial charge is 0.304 e. The van der Waals surface area contributed by atoms with Crippen LogP contribution in [-0.4, -0.2) is 72.5 Å². The van der Waals surface area contributed by atoms with Gasteiger partial charge in [0.15, 0.2) is 0 Å². The Morgan fingerprint density at radius 1 is 1.00 bits per heavy atom. The quantitative estimate of drug-likeness (QED) is 0.795. The molecule has 0 atom stereocenters. The van der Waals surface area contributed by atoms with Crippen LogP contribution in [0.5, 0.6) is 0 Å². The molecular weight excluding hydrogens is 326 g/mol. The Labute approximate surface area is 158 Å². The van der Waals surface area contributed by atoms with Crippen LogP contribution in [0.4, 0.5) is 0 Å². The topological polar surface area (TPSA) is 9.72 Å². The molecule has 0 N–H and O–H groups in total. The summed E-state index contributed by atoms with van der Waals surface area (Å²) in [4.78, 5) is 7.64. The Morgan fingerprint density at radius 2 is 1.64 bits per heavy atom. The van der Waals surface area contributed by atoms with E-state index in [-0.39, 0.29) is 0 Å². The minimum absolute atomic E-state index is 0.767. The maximum Gasteiger partial charge on any atom is 0.0237 e. The minimum atomic E-state index is 0.767. The average Bonchev–Trinajstić information content (AvgIpc) is 2.61. The first kappa shape index (κ1) is 19.2. The smallest absolute Gasteiger partial charge is 0.0237 e. The van der Waals surface area contributed by atoms with Gasteiger partial charge in [-0.3, -0.25) is 9.80 Å². The van der Waals surface area contributed by atoms with Gasteiger partial charge in [0.2, 0.25) is 0 Å². The van der Waals surface area contributed by atoms with Gasteiger partial charge in [-0.1, -0.05) is 12.1 Å². The highest BCUT2D eigenvalue weighted by molar-refractivity contribution is 7.99. The van der Waals surface area contributed by atoms with Gasteiger partial charge in [0.25, 0.3) is 0 Å². The molecule has 0 saturated carbocycles. The Hall–Kier alpha value is -0.550. The van der Waals surface area contributed by atoms with Gasteiger partial charge in [0.1, 0.15) is 0 Å². The predicted octanol–water partition coefficient (Wildman–Crippen LogP) is 3.38. The summed E-state index contributed by atoms with van der Waals surface area (Å²) < 4.78 is 0. The van der Waals surface area contributed by atoms with Crippen molar-refractivity contribution >= 4 is 11.8 Å². The number of aryl methyl sites for hydroxylation is 2. The van der Waals surface area contributed by atoms with Gasteiger partial charge in [-0.15, -0.1) is 0 Å². The second-order valence-electron chi connectivity index (χ2n) is 8.04. The molecule has 0 amide bonds. The number of benzene rings is 1. The molecule has 140 valence electrons. The van der Waals surface area contributed by atoms with Crippen molar-refractivity contribution in [1.29, 1.82) is 0 Å². The molecule has 0 spiro atoms. The number of thioether (sulfide) groups is 1. The standard InChI is InChI=1S/C21H35N3S/c1-17-13-18(2)20(16-24-9-7-22(3)8-10-24)14-19(17)15-23(4)21-5-11-25-12-6-21/h13-14,21H,5-12,15-16H2,1-4H3. The highest BCUT2D eigenvalue weighted by atomic mass is 32.2. The molecule has 3 rings (SSSR count). The van der Waals surface area contributed by atoms with Gasteiger partial charge >= 0.3 is 0 Å². The molecule has 0 unspecified atom stereocenters. The van der Waals surface area contributed by atoms with E-state index in [1.165, 1.54) is 72.8 Å². The van der Waals surface area contributed by atoms with E-state index in [9.17, 15) is 0 Å². The molecule has 2 aliphatic rings. The molecule has 0 aromatic heterocycles. The molecular formula is C21H35N3S. The number of nitrogens with zero attached hydrogens (tertiary/aromatic N) is 3. The van der Waals surface area contributed by atoms with Crippen LogP contribution in [0.15, 0.2) is 12.1 Å². The molecule has 4 heteroatoms. The van der Waals surface area contributed by atoms with Crippen molar-refractivity contribution in [3.05, 3.63) is 34.4 Å². The molecule has 0 bridgehead atoms. The van der Waals surface area contributed by atoms with Crippen molar-refractivity contribution in [3.63, 3.8) is 0 Å². The molecule has 1 aromatic rings. The molecule has 0 aliphatic carbocycles. The summed E-state index contributed by atoms with van der Waals surface area (Å²) in [5.41, 5.74) is 5.96. The summed E-state index contributed by atoms with van der Waals surface area (Å²) in [6, 6.07) is 5.67. The zero-order chi connectivity index (χ0) is 17.8.